The molecule has 0 saturated heterocycles. The van der Waals surface area contributed by atoms with Crippen molar-refractivity contribution in [3.05, 3.63) is 46.4 Å². The molecule has 0 aliphatic heterocycles. The van der Waals surface area contributed by atoms with Crippen LogP contribution in [-0.2, 0) is 0 Å². The van der Waals surface area contributed by atoms with Crippen LogP contribution in [0.3, 0.4) is 0 Å². The lowest BCUT2D eigenvalue weighted by Gasteiger charge is -1.89. The molecule has 0 aromatic carbocycles. The Morgan fingerprint density at radius 3 is 2.46 bits per heavy atom. The highest BCUT2D eigenvalue weighted by Crippen LogP contribution is 2.27. The van der Waals surface area contributed by atoms with Crippen LogP contribution < -0.4 is 0 Å². The van der Waals surface area contributed by atoms with E-state index in [2.05, 4.69) is 22.0 Å². The number of nitrogens with zero attached hydrogens (tertiary/aromatic N) is 1. The summed E-state index contributed by atoms with van der Waals surface area (Å²) in [5, 5.41) is 8.81. The second-order valence-electron chi connectivity index (χ2n) is 2.78. The van der Waals surface area contributed by atoms with Crippen molar-refractivity contribution in [1.82, 2.24) is 0 Å². The summed E-state index contributed by atoms with van der Waals surface area (Å²) in [7, 11) is 0. The molecule has 0 N–H and O–H groups in total. The molecule has 2 aliphatic carbocycles. The Morgan fingerprint density at radius 2 is 1.69 bits per heavy atom. The Kier molecular flexibility index (Phi) is 2.03. The van der Waals surface area contributed by atoms with E-state index in [0.29, 0.717) is 0 Å². The fourth-order valence-electron chi connectivity index (χ4n) is 1.32. The van der Waals surface area contributed by atoms with Gasteiger partial charge in [0, 0.05) is 4.47 Å². The molecule has 0 heterocycles. The van der Waals surface area contributed by atoms with E-state index in [1.807, 2.05) is 36.4 Å². The molecule has 0 saturated carbocycles. The van der Waals surface area contributed by atoms with Crippen molar-refractivity contribution in [3.63, 3.8) is 0 Å². The van der Waals surface area contributed by atoms with Gasteiger partial charge in [-0.25, -0.2) is 0 Å². The van der Waals surface area contributed by atoms with Gasteiger partial charge in [-0.2, -0.15) is 5.26 Å². The molecule has 0 aromatic rings. The highest BCUT2D eigenvalue weighted by atomic mass is 79.9. The standard InChI is InChI=1S/C11H6BrN/c12-10-4-3-8-1-2-9(7-13)11(8)6-5-10/h1-6H. The molecule has 0 spiro atoms. The molecule has 0 unspecified atom stereocenters. The average molecular weight is 232 g/mol. The summed E-state index contributed by atoms with van der Waals surface area (Å²) in [6, 6.07) is 13.9. The van der Waals surface area contributed by atoms with Gasteiger partial charge in [0.2, 0.25) is 0 Å². The third kappa shape index (κ3) is 1.43. The molecular formula is C11H6BrN. The first-order valence-corrected chi connectivity index (χ1v) is 4.69. The molecule has 0 amide bonds. The van der Waals surface area contributed by atoms with Crippen LogP contribution >= 0.6 is 15.9 Å². The number of nitriles is 1. The van der Waals surface area contributed by atoms with E-state index in [1.54, 1.807) is 0 Å². The quantitative estimate of drug-likeness (QED) is 0.682. The lowest BCUT2D eigenvalue weighted by atomic mass is 10.1. The Labute approximate surface area is 85.1 Å². The number of hydrogen-bond acceptors (Lipinski definition) is 1. The maximum Gasteiger partial charge on any atom is 0.0998 e. The Bertz CT molecular complexity index is 456. The van der Waals surface area contributed by atoms with Crippen LogP contribution in [0.4, 0.5) is 0 Å². The molecule has 2 rings (SSSR count). The molecule has 62 valence electrons. The molecule has 13 heavy (non-hydrogen) atoms. The van der Waals surface area contributed by atoms with Crippen molar-refractivity contribution in [2.24, 2.45) is 0 Å². The number of hydrogen-bond donors (Lipinski definition) is 0. The fraction of sp³-hybridized carbons (Fsp3) is 0. The molecular weight excluding hydrogens is 226 g/mol. The first kappa shape index (κ1) is 8.28. The van der Waals surface area contributed by atoms with Crippen LogP contribution in [0.25, 0.3) is 11.1 Å². The van der Waals surface area contributed by atoms with Crippen molar-refractivity contribution in [2.75, 3.05) is 0 Å². The molecule has 0 radical (unpaired) electrons. The zero-order valence-corrected chi connectivity index (χ0v) is 8.38. The lowest BCUT2D eigenvalue weighted by Crippen LogP contribution is -1.69. The second kappa shape index (κ2) is 3.20. The van der Waals surface area contributed by atoms with Crippen LogP contribution in [-0.4, -0.2) is 0 Å². The largest absolute Gasteiger partial charge is 0.192 e. The van der Waals surface area contributed by atoms with Gasteiger partial charge < -0.3 is 0 Å². The molecule has 0 fully saturated rings. The second-order valence-corrected chi connectivity index (χ2v) is 3.70. The summed E-state index contributed by atoms with van der Waals surface area (Å²) in [5.74, 6) is 0. The third-order valence-corrected chi connectivity index (χ3v) is 2.51. The van der Waals surface area contributed by atoms with Gasteiger partial charge in [0.25, 0.3) is 0 Å². The number of halogens is 1. The van der Waals surface area contributed by atoms with Crippen molar-refractivity contribution in [3.8, 4) is 17.2 Å². The number of fused-ring (bicyclic) bond motifs is 1. The average Bonchev–Trinajstić information content (AvgIpc) is 2.45. The normalized spacial score (nSPS) is 9.85. The van der Waals surface area contributed by atoms with Gasteiger partial charge in [0.15, 0.2) is 0 Å². The maximum absolute atomic E-state index is 8.81. The van der Waals surface area contributed by atoms with Gasteiger partial charge in [0.1, 0.15) is 0 Å². The summed E-state index contributed by atoms with van der Waals surface area (Å²) >= 11 is 3.39. The van der Waals surface area contributed by atoms with Gasteiger partial charge in [-0.05, 0) is 29.3 Å². The van der Waals surface area contributed by atoms with Gasteiger partial charge in [-0.3, -0.25) is 0 Å². The van der Waals surface area contributed by atoms with E-state index < -0.39 is 0 Å². The summed E-state index contributed by atoms with van der Waals surface area (Å²) in [6.45, 7) is 0. The molecule has 0 atom stereocenters. The Hall–Kier alpha value is -1.33. The van der Waals surface area contributed by atoms with Gasteiger partial charge in [0.05, 0.1) is 11.6 Å². The van der Waals surface area contributed by atoms with Crippen molar-refractivity contribution >= 4 is 15.9 Å². The maximum atomic E-state index is 8.81. The molecule has 2 heteroatoms. The van der Waals surface area contributed by atoms with E-state index >= 15 is 0 Å². The van der Waals surface area contributed by atoms with Crippen molar-refractivity contribution in [1.29, 1.82) is 5.26 Å². The van der Waals surface area contributed by atoms with E-state index in [9.17, 15) is 0 Å². The van der Waals surface area contributed by atoms with Crippen LogP contribution in [0.2, 0.25) is 0 Å². The summed E-state index contributed by atoms with van der Waals surface area (Å²) in [4.78, 5) is 0. The van der Waals surface area contributed by atoms with Crippen molar-refractivity contribution in [2.45, 2.75) is 0 Å². The summed E-state index contributed by atoms with van der Waals surface area (Å²) in [6.07, 6.45) is 0. The Balaban J connectivity index is 2.73. The van der Waals surface area contributed by atoms with Gasteiger partial charge in [-0.1, -0.05) is 34.1 Å². The monoisotopic (exact) mass is 231 g/mol. The van der Waals surface area contributed by atoms with Crippen LogP contribution in [0.15, 0.2) is 40.9 Å². The smallest absolute Gasteiger partial charge is 0.0998 e. The first-order chi connectivity index (χ1) is 6.31. The Morgan fingerprint density at radius 1 is 1.00 bits per heavy atom. The van der Waals surface area contributed by atoms with Crippen LogP contribution in [0.1, 0.15) is 5.56 Å². The minimum Gasteiger partial charge on any atom is -0.192 e. The van der Waals surface area contributed by atoms with Crippen LogP contribution in [0.5, 0.6) is 0 Å². The third-order valence-electron chi connectivity index (χ3n) is 1.98. The lowest BCUT2D eigenvalue weighted by molar-refractivity contribution is 1.51. The van der Waals surface area contributed by atoms with Gasteiger partial charge in [-0.15, -0.1) is 0 Å². The minimum atomic E-state index is 0.734. The predicted octanol–water partition coefficient (Wildman–Crippen LogP) is 3.43. The molecule has 0 bridgehead atoms. The predicted molar refractivity (Wildman–Crippen MR) is 55.5 cm³/mol. The minimum absolute atomic E-state index is 0.734. The highest BCUT2D eigenvalue weighted by Gasteiger charge is 2.06. The van der Waals surface area contributed by atoms with Crippen LogP contribution in [0, 0.1) is 11.3 Å². The summed E-state index contributed by atoms with van der Waals surface area (Å²) in [5.41, 5.74) is 2.84. The van der Waals surface area contributed by atoms with E-state index in [0.717, 1.165) is 21.2 Å². The zero-order valence-electron chi connectivity index (χ0n) is 6.79. The SMILES string of the molecule is N#Cc1ccc2ccc(Br)ccc1-2. The van der Waals surface area contributed by atoms with E-state index in [1.165, 1.54) is 0 Å². The molecule has 0 aromatic heterocycles. The van der Waals surface area contributed by atoms with E-state index in [-0.39, 0.29) is 0 Å². The molecule has 1 nitrogen and oxygen atoms in total. The number of rotatable bonds is 0. The first-order valence-electron chi connectivity index (χ1n) is 3.89. The topological polar surface area (TPSA) is 23.8 Å². The zero-order chi connectivity index (χ0) is 9.26. The van der Waals surface area contributed by atoms with Crippen molar-refractivity contribution < 1.29 is 0 Å². The highest BCUT2D eigenvalue weighted by molar-refractivity contribution is 9.10. The van der Waals surface area contributed by atoms with Gasteiger partial charge >= 0.3 is 0 Å². The fourth-order valence-corrected chi connectivity index (χ4v) is 1.59. The van der Waals surface area contributed by atoms with E-state index in [4.69, 9.17) is 5.26 Å². The summed E-state index contributed by atoms with van der Waals surface area (Å²) < 4.78 is 1.02. The molecule has 2 aliphatic rings.